The standard InChI is InChI=1S/C16H20O/c1-13(2)14-9-5-6-10-15(14)17-16(3)11-7-4-8-12-16/h4-11,13H,12H2,1-3H3. The number of rotatable bonds is 3. The van der Waals surface area contributed by atoms with E-state index in [9.17, 15) is 0 Å². The summed E-state index contributed by atoms with van der Waals surface area (Å²) in [5.74, 6) is 1.49. The normalized spacial score (nSPS) is 23.1. The maximum atomic E-state index is 6.20. The van der Waals surface area contributed by atoms with Crippen molar-refractivity contribution in [3.8, 4) is 5.75 Å². The highest BCUT2D eigenvalue weighted by Gasteiger charge is 2.24. The first-order valence-electron chi connectivity index (χ1n) is 6.23. The average molecular weight is 228 g/mol. The monoisotopic (exact) mass is 228 g/mol. The molecule has 0 heterocycles. The first-order chi connectivity index (χ1) is 8.11. The van der Waals surface area contributed by atoms with Crippen LogP contribution in [-0.2, 0) is 0 Å². The van der Waals surface area contributed by atoms with E-state index in [0.29, 0.717) is 5.92 Å². The Hall–Kier alpha value is -1.50. The van der Waals surface area contributed by atoms with Crippen LogP contribution in [0.2, 0.25) is 0 Å². The molecule has 1 aliphatic rings. The molecule has 1 aromatic carbocycles. The summed E-state index contributed by atoms with van der Waals surface area (Å²) >= 11 is 0. The SMILES string of the molecule is CC(C)c1ccccc1OC1(C)C=CC=CC1. The smallest absolute Gasteiger partial charge is 0.128 e. The van der Waals surface area contributed by atoms with Crippen molar-refractivity contribution in [1.29, 1.82) is 0 Å². The Balaban J connectivity index is 2.24. The van der Waals surface area contributed by atoms with Gasteiger partial charge in [-0.2, -0.15) is 0 Å². The van der Waals surface area contributed by atoms with Gasteiger partial charge in [0.25, 0.3) is 0 Å². The molecule has 0 amide bonds. The van der Waals surface area contributed by atoms with Gasteiger partial charge >= 0.3 is 0 Å². The first kappa shape index (κ1) is 12.0. The number of hydrogen-bond donors (Lipinski definition) is 0. The molecule has 0 aromatic heterocycles. The van der Waals surface area contributed by atoms with Crippen LogP contribution < -0.4 is 4.74 Å². The predicted molar refractivity (Wildman–Crippen MR) is 72.5 cm³/mol. The molecule has 1 heteroatoms. The van der Waals surface area contributed by atoms with Gasteiger partial charge in [0, 0.05) is 6.42 Å². The molecular formula is C16H20O. The molecule has 1 nitrogen and oxygen atoms in total. The largest absolute Gasteiger partial charge is 0.483 e. The van der Waals surface area contributed by atoms with Crippen LogP contribution in [-0.4, -0.2) is 5.60 Å². The summed E-state index contributed by atoms with van der Waals surface area (Å²) in [5.41, 5.74) is 1.07. The van der Waals surface area contributed by atoms with E-state index in [2.05, 4.69) is 63.3 Å². The summed E-state index contributed by atoms with van der Waals surface area (Å²) in [7, 11) is 0. The van der Waals surface area contributed by atoms with Crippen LogP contribution in [0.15, 0.2) is 48.6 Å². The number of hydrogen-bond acceptors (Lipinski definition) is 1. The second-order valence-corrected chi connectivity index (χ2v) is 5.10. The lowest BCUT2D eigenvalue weighted by Crippen LogP contribution is -2.30. The number of benzene rings is 1. The summed E-state index contributed by atoms with van der Waals surface area (Å²) in [4.78, 5) is 0. The Morgan fingerprint density at radius 2 is 1.94 bits per heavy atom. The molecule has 2 rings (SSSR count). The predicted octanol–water partition coefficient (Wildman–Crippen LogP) is 4.46. The van der Waals surface area contributed by atoms with Crippen molar-refractivity contribution in [3.05, 3.63) is 54.1 Å². The van der Waals surface area contributed by atoms with E-state index in [4.69, 9.17) is 4.74 Å². The lowest BCUT2D eigenvalue weighted by molar-refractivity contribution is 0.141. The topological polar surface area (TPSA) is 9.23 Å². The molecule has 0 saturated heterocycles. The zero-order chi connectivity index (χ0) is 12.3. The average Bonchev–Trinajstić information content (AvgIpc) is 2.29. The van der Waals surface area contributed by atoms with E-state index in [0.717, 1.165) is 12.2 Å². The van der Waals surface area contributed by atoms with Crippen LogP contribution in [0.4, 0.5) is 0 Å². The Kier molecular flexibility index (Phi) is 3.37. The van der Waals surface area contributed by atoms with E-state index in [1.807, 2.05) is 6.07 Å². The quantitative estimate of drug-likeness (QED) is 0.742. The minimum absolute atomic E-state index is 0.209. The molecule has 0 saturated carbocycles. The van der Waals surface area contributed by atoms with Gasteiger partial charge in [0.1, 0.15) is 11.4 Å². The van der Waals surface area contributed by atoms with Crippen molar-refractivity contribution in [1.82, 2.24) is 0 Å². The lowest BCUT2D eigenvalue weighted by Gasteiger charge is -2.29. The van der Waals surface area contributed by atoms with Crippen molar-refractivity contribution in [2.75, 3.05) is 0 Å². The molecule has 90 valence electrons. The summed E-state index contributed by atoms with van der Waals surface area (Å²) in [6.07, 6.45) is 9.33. The lowest BCUT2D eigenvalue weighted by atomic mass is 9.96. The second kappa shape index (κ2) is 4.79. The zero-order valence-corrected chi connectivity index (χ0v) is 10.8. The molecular weight excluding hydrogens is 208 g/mol. The third kappa shape index (κ3) is 2.79. The maximum absolute atomic E-state index is 6.20. The van der Waals surface area contributed by atoms with Crippen molar-refractivity contribution < 1.29 is 4.74 Å². The van der Waals surface area contributed by atoms with Gasteiger partial charge in [-0.25, -0.2) is 0 Å². The highest BCUT2D eigenvalue weighted by atomic mass is 16.5. The Morgan fingerprint density at radius 1 is 1.18 bits per heavy atom. The van der Waals surface area contributed by atoms with Crippen LogP contribution in [0.3, 0.4) is 0 Å². The highest BCUT2D eigenvalue weighted by molar-refractivity contribution is 5.37. The van der Waals surface area contributed by atoms with Gasteiger partial charge in [0.05, 0.1) is 0 Å². The van der Waals surface area contributed by atoms with Gasteiger partial charge in [-0.3, -0.25) is 0 Å². The van der Waals surface area contributed by atoms with Crippen molar-refractivity contribution in [2.45, 2.75) is 38.7 Å². The Morgan fingerprint density at radius 3 is 2.59 bits per heavy atom. The summed E-state index contributed by atoms with van der Waals surface area (Å²) in [6, 6.07) is 8.31. The third-order valence-corrected chi connectivity index (χ3v) is 3.10. The van der Waals surface area contributed by atoms with Crippen LogP contribution >= 0.6 is 0 Å². The van der Waals surface area contributed by atoms with E-state index in [1.54, 1.807) is 0 Å². The number of para-hydroxylation sites is 1. The van der Waals surface area contributed by atoms with E-state index in [1.165, 1.54) is 5.56 Å². The summed E-state index contributed by atoms with van der Waals surface area (Å²) in [6.45, 7) is 6.52. The Labute approximate surface area is 104 Å². The maximum Gasteiger partial charge on any atom is 0.128 e. The third-order valence-electron chi connectivity index (χ3n) is 3.10. The highest BCUT2D eigenvalue weighted by Crippen LogP contribution is 2.31. The van der Waals surface area contributed by atoms with Crippen LogP contribution in [0.1, 0.15) is 38.7 Å². The van der Waals surface area contributed by atoms with Gasteiger partial charge < -0.3 is 4.74 Å². The molecule has 1 aromatic rings. The van der Waals surface area contributed by atoms with Crippen LogP contribution in [0, 0.1) is 0 Å². The van der Waals surface area contributed by atoms with Crippen molar-refractivity contribution in [3.63, 3.8) is 0 Å². The fourth-order valence-corrected chi connectivity index (χ4v) is 2.09. The van der Waals surface area contributed by atoms with Gasteiger partial charge in [-0.15, -0.1) is 0 Å². The summed E-state index contributed by atoms with van der Waals surface area (Å²) in [5, 5.41) is 0. The van der Waals surface area contributed by atoms with Gasteiger partial charge in [-0.1, -0.05) is 50.3 Å². The number of allylic oxidation sites excluding steroid dienone is 2. The van der Waals surface area contributed by atoms with Gasteiger partial charge in [0.15, 0.2) is 0 Å². The molecule has 0 spiro atoms. The molecule has 0 aliphatic heterocycles. The molecule has 17 heavy (non-hydrogen) atoms. The fourth-order valence-electron chi connectivity index (χ4n) is 2.09. The van der Waals surface area contributed by atoms with E-state index >= 15 is 0 Å². The minimum atomic E-state index is -0.209. The zero-order valence-electron chi connectivity index (χ0n) is 10.8. The molecule has 0 N–H and O–H groups in total. The van der Waals surface area contributed by atoms with E-state index in [-0.39, 0.29) is 5.60 Å². The minimum Gasteiger partial charge on any atom is -0.483 e. The molecule has 0 bridgehead atoms. The molecule has 1 atom stereocenters. The fraction of sp³-hybridized carbons (Fsp3) is 0.375. The molecule has 0 fully saturated rings. The van der Waals surface area contributed by atoms with E-state index < -0.39 is 0 Å². The van der Waals surface area contributed by atoms with Crippen LogP contribution in [0.5, 0.6) is 5.75 Å². The van der Waals surface area contributed by atoms with Crippen molar-refractivity contribution >= 4 is 0 Å². The van der Waals surface area contributed by atoms with Crippen molar-refractivity contribution in [2.24, 2.45) is 0 Å². The molecule has 0 radical (unpaired) electrons. The second-order valence-electron chi connectivity index (χ2n) is 5.10. The molecule has 1 unspecified atom stereocenters. The van der Waals surface area contributed by atoms with Gasteiger partial charge in [0.2, 0.25) is 0 Å². The summed E-state index contributed by atoms with van der Waals surface area (Å²) < 4.78 is 6.20. The number of ether oxygens (including phenoxy) is 1. The van der Waals surface area contributed by atoms with Gasteiger partial charge in [-0.05, 0) is 30.5 Å². The molecule has 1 aliphatic carbocycles. The van der Waals surface area contributed by atoms with Crippen LogP contribution in [0.25, 0.3) is 0 Å². The Bertz CT molecular complexity index is 443. The first-order valence-corrected chi connectivity index (χ1v) is 6.23.